The second-order valence-electron chi connectivity index (χ2n) is 2.42. The van der Waals surface area contributed by atoms with Crippen LogP contribution in [0, 0.1) is 0 Å². The third-order valence-electron chi connectivity index (χ3n) is 1.67. The summed E-state index contributed by atoms with van der Waals surface area (Å²) < 4.78 is 5.05. The molecule has 0 spiro atoms. The molecule has 3 heteroatoms. The van der Waals surface area contributed by atoms with Crippen LogP contribution in [0.4, 0.5) is 0 Å². The highest BCUT2D eigenvalue weighted by Gasteiger charge is 2.27. The number of ether oxygens (including phenoxy) is 1. The lowest BCUT2D eigenvalue weighted by Crippen LogP contribution is -2.42. The summed E-state index contributed by atoms with van der Waals surface area (Å²) in [5, 5.41) is 18.1. The molecule has 0 bridgehead atoms. The van der Waals surface area contributed by atoms with Crippen molar-refractivity contribution in [1.29, 1.82) is 0 Å². The van der Waals surface area contributed by atoms with E-state index in [1.807, 2.05) is 0 Å². The van der Waals surface area contributed by atoms with Crippen molar-refractivity contribution in [2.45, 2.75) is 31.7 Å². The molecule has 0 aliphatic carbocycles. The molecule has 54 valence electrons. The fourth-order valence-electron chi connectivity index (χ4n) is 0.957. The molecule has 1 rings (SSSR count). The van der Waals surface area contributed by atoms with Gasteiger partial charge >= 0.3 is 0 Å². The summed E-state index contributed by atoms with van der Waals surface area (Å²) in [6.07, 6.45) is -0.952. The van der Waals surface area contributed by atoms with E-state index in [1.54, 1.807) is 6.92 Å². The molecular formula is C6H12O3. The number of aliphatic hydroxyl groups excluding tert-OH is 2. The summed E-state index contributed by atoms with van der Waals surface area (Å²) in [4.78, 5) is 0. The quantitative estimate of drug-likeness (QED) is 0.468. The first-order valence-electron chi connectivity index (χ1n) is 3.19. The molecular weight excluding hydrogens is 120 g/mol. The van der Waals surface area contributed by atoms with Crippen LogP contribution in [0.1, 0.15) is 13.3 Å². The highest BCUT2D eigenvalue weighted by molar-refractivity contribution is 4.77. The van der Waals surface area contributed by atoms with E-state index in [9.17, 15) is 0 Å². The molecule has 3 atom stereocenters. The summed E-state index contributed by atoms with van der Waals surface area (Å²) in [5.74, 6) is 0. The van der Waals surface area contributed by atoms with Crippen molar-refractivity contribution in [3.05, 3.63) is 0 Å². The van der Waals surface area contributed by atoms with Gasteiger partial charge in [0, 0.05) is 6.61 Å². The molecule has 1 aliphatic rings. The Bertz CT molecular complexity index is 84.3. The largest absolute Gasteiger partial charge is 0.390 e. The van der Waals surface area contributed by atoms with Gasteiger partial charge in [-0.3, -0.25) is 0 Å². The van der Waals surface area contributed by atoms with Gasteiger partial charge in [-0.25, -0.2) is 0 Å². The molecule has 9 heavy (non-hydrogen) atoms. The van der Waals surface area contributed by atoms with Crippen molar-refractivity contribution >= 4 is 0 Å². The van der Waals surface area contributed by atoms with Crippen molar-refractivity contribution in [1.82, 2.24) is 0 Å². The lowest BCUT2D eigenvalue weighted by molar-refractivity contribution is -0.127. The SMILES string of the molecule is CC1OCCC(O)[C@H]1O. The van der Waals surface area contributed by atoms with Gasteiger partial charge in [0.1, 0.15) is 6.10 Å². The summed E-state index contributed by atoms with van der Waals surface area (Å²) in [5.41, 5.74) is 0. The summed E-state index contributed by atoms with van der Waals surface area (Å²) in [7, 11) is 0. The Morgan fingerprint density at radius 3 is 2.56 bits per heavy atom. The third-order valence-corrected chi connectivity index (χ3v) is 1.67. The highest BCUT2D eigenvalue weighted by atomic mass is 16.5. The number of hydrogen-bond acceptors (Lipinski definition) is 3. The molecule has 0 radical (unpaired) electrons. The van der Waals surface area contributed by atoms with Crippen LogP contribution < -0.4 is 0 Å². The Balaban J connectivity index is 2.41. The van der Waals surface area contributed by atoms with E-state index in [0.717, 1.165) is 0 Å². The van der Waals surface area contributed by atoms with E-state index in [-0.39, 0.29) is 6.10 Å². The van der Waals surface area contributed by atoms with Crippen LogP contribution in [0.25, 0.3) is 0 Å². The molecule has 1 aliphatic heterocycles. The van der Waals surface area contributed by atoms with Gasteiger partial charge in [-0.05, 0) is 13.3 Å². The van der Waals surface area contributed by atoms with Gasteiger partial charge in [-0.1, -0.05) is 0 Å². The third kappa shape index (κ3) is 1.41. The molecule has 1 heterocycles. The van der Waals surface area contributed by atoms with Crippen LogP contribution in [0.5, 0.6) is 0 Å². The van der Waals surface area contributed by atoms with Gasteiger partial charge in [0.05, 0.1) is 12.2 Å². The van der Waals surface area contributed by atoms with Gasteiger partial charge in [-0.15, -0.1) is 0 Å². The zero-order valence-electron chi connectivity index (χ0n) is 5.45. The van der Waals surface area contributed by atoms with E-state index < -0.39 is 12.2 Å². The number of rotatable bonds is 0. The van der Waals surface area contributed by atoms with Gasteiger partial charge in [0.2, 0.25) is 0 Å². The Morgan fingerprint density at radius 1 is 1.44 bits per heavy atom. The maximum absolute atomic E-state index is 9.07. The van der Waals surface area contributed by atoms with Crippen molar-refractivity contribution in [3.63, 3.8) is 0 Å². The topological polar surface area (TPSA) is 49.7 Å². The fraction of sp³-hybridized carbons (Fsp3) is 1.00. The van der Waals surface area contributed by atoms with E-state index >= 15 is 0 Å². The summed E-state index contributed by atoms with van der Waals surface area (Å²) >= 11 is 0. The van der Waals surface area contributed by atoms with Gasteiger partial charge < -0.3 is 14.9 Å². The average molecular weight is 132 g/mol. The smallest absolute Gasteiger partial charge is 0.106 e. The predicted octanol–water partition coefficient (Wildman–Crippen LogP) is -0.483. The molecule has 2 unspecified atom stereocenters. The first kappa shape index (κ1) is 6.99. The normalized spacial score (nSPS) is 45.0. The maximum Gasteiger partial charge on any atom is 0.106 e. The number of hydrogen-bond donors (Lipinski definition) is 2. The van der Waals surface area contributed by atoms with Crippen LogP contribution in [-0.2, 0) is 4.74 Å². The first-order chi connectivity index (χ1) is 4.22. The van der Waals surface area contributed by atoms with Crippen LogP contribution in [-0.4, -0.2) is 35.1 Å². The Hall–Kier alpha value is -0.120. The minimum atomic E-state index is -0.696. The summed E-state index contributed by atoms with van der Waals surface area (Å²) in [6.45, 7) is 2.31. The number of aliphatic hydroxyl groups is 2. The Kier molecular flexibility index (Phi) is 2.05. The van der Waals surface area contributed by atoms with Gasteiger partial charge in [0.15, 0.2) is 0 Å². The molecule has 0 aromatic rings. The molecule has 0 aromatic carbocycles. The Labute approximate surface area is 54.3 Å². The molecule has 0 saturated carbocycles. The lowest BCUT2D eigenvalue weighted by Gasteiger charge is -2.29. The zero-order valence-corrected chi connectivity index (χ0v) is 5.45. The summed E-state index contributed by atoms with van der Waals surface area (Å²) in [6, 6.07) is 0. The van der Waals surface area contributed by atoms with Crippen molar-refractivity contribution < 1.29 is 14.9 Å². The highest BCUT2D eigenvalue weighted by Crippen LogP contribution is 2.13. The molecule has 1 fully saturated rings. The monoisotopic (exact) mass is 132 g/mol. The predicted molar refractivity (Wildman–Crippen MR) is 32.0 cm³/mol. The fourth-order valence-corrected chi connectivity index (χ4v) is 0.957. The minimum Gasteiger partial charge on any atom is -0.390 e. The van der Waals surface area contributed by atoms with E-state index in [0.29, 0.717) is 13.0 Å². The standard InChI is InChI=1S/C6H12O3/c1-4-6(8)5(7)2-3-9-4/h4-8H,2-3H2,1H3/t4?,5?,6-/m0/s1. The molecule has 0 aromatic heterocycles. The van der Waals surface area contributed by atoms with Crippen molar-refractivity contribution in [3.8, 4) is 0 Å². The van der Waals surface area contributed by atoms with E-state index in [4.69, 9.17) is 14.9 Å². The maximum atomic E-state index is 9.07. The first-order valence-corrected chi connectivity index (χ1v) is 3.19. The lowest BCUT2D eigenvalue weighted by atomic mass is 10.0. The van der Waals surface area contributed by atoms with Gasteiger partial charge in [-0.2, -0.15) is 0 Å². The molecule has 3 nitrogen and oxygen atoms in total. The Morgan fingerprint density at radius 2 is 2.11 bits per heavy atom. The molecule has 0 amide bonds. The minimum absolute atomic E-state index is 0.214. The second kappa shape index (κ2) is 2.64. The van der Waals surface area contributed by atoms with Crippen LogP contribution in [0.3, 0.4) is 0 Å². The average Bonchev–Trinajstić information content (AvgIpc) is 1.83. The van der Waals surface area contributed by atoms with Gasteiger partial charge in [0.25, 0.3) is 0 Å². The van der Waals surface area contributed by atoms with Crippen molar-refractivity contribution in [2.75, 3.05) is 6.61 Å². The van der Waals surface area contributed by atoms with E-state index in [1.165, 1.54) is 0 Å². The van der Waals surface area contributed by atoms with Crippen LogP contribution in [0.15, 0.2) is 0 Å². The zero-order chi connectivity index (χ0) is 6.85. The molecule has 2 N–H and O–H groups in total. The van der Waals surface area contributed by atoms with Crippen molar-refractivity contribution in [2.24, 2.45) is 0 Å². The van der Waals surface area contributed by atoms with Crippen LogP contribution in [0.2, 0.25) is 0 Å². The molecule has 1 saturated heterocycles. The second-order valence-corrected chi connectivity index (χ2v) is 2.42. The van der Waals surface area contributed by atoms with Crippen LogP contribution >= 0.6 is 0 Å². The van der Waals surface area contributed by atoms with E-state index in [2.05, 4.69) is 0 Å².